The molecule has 0 spiro atoms. The van der Waals surface area contributed by atoms with Gasteiger partial charge in [0.15, 0.2) is 6.61 Å². The molecule has 2 aromatic carbocycles. The number of hydrogen-bond acceptors (Lipinski definition) is 6. The van der Waals surface area contributed by atoms with Crippen LogP contribution in [0.1, 0.15) is 36.7 Å². The zero-order valence-corrected chi connectivity index (χ0v) is 19.1. The van der Waals surface area contributed by atoms with Crippen LogP contribution in [-0.4, -0.2) is 55.6 Å². The summed E-state index contributed by atoms with van der Waals surface area (Å²) in [5.74, 6) is -0.633. The van der Waals surface area contributed by atoms with E-state index in [1.165, 1.54) is 26.4 Å². The summed E-state index contributed by atoms with van der Waals surface area (Å²) in [7, 11) is 2.95. The Bertz CT molecular complexity index is 915. The van der Waals surface area contributed by atoms with E-state index in [0.29, 0.717) is 18.0 Å². The lowest BCUT2D eigenvalue weighted by Crippen LogP contribution is -2.47. The van der Waals surface area contributed by atoms with Gasteiger partial charge in [0.05, 0.1) is 14.2 Å². The van der Waals surface area contributed by atoms with E-state index in [1.807, 2.05) is 51.1 Å². The fourth-order valence-electron chi connectivity index (χ4n) is 2.93. The van der Waals surface area contributed by atoms with Crippen molar-refractivity contribution in [2.45, 2.75) is 32.9 Å². The third-order valence-electron chi connectivity index (χ3n) is 4.66. The van der Waals surface area contributed by atoms with Gasteiger partial charge in [-0.1, -0.05) is 30.3 Å². The van der Waals surface area contributed by atoms with E-state index < -0.39 is 24.0 Å². The molecule has 2 amide bonds. The molecule has 0 bridgehead atoms. The van der Waals surface area contributed by atoms with Gasteiger partial charge in [-0.2, -0.15) is 0 Å². The summed E-state index contributed by atoms with van der Waals surface area (Å²) >= 11 is 0. The Labute approximate surface area is 188 Å². The molecule has 0 unspecified atom stereocenters. The lowest BCUT2D eigenvalue weighted by atomic mass is 10.0. The van der Waals surface area contributed by atoms with Crippen LogP contribution < -0.4 is 14.8 Å². The summed E-state index contributed by atoms with van der Waals surface area (Å²) in [5.41, 5.74) is 0.786. The predicted molar refractivity (Wildman–Crippen MR) is 120 cm³/mol. The van der Waals surface area contributed by atoms with E-state index >= 15 is 0 Å². The van der Waals surface area contributed by atoms with E-state index in [-0.39, 0.29) is 18.0 Å². The first-order chi connectivity index (χ1) is 15.1. The zero-order valence-electron chi connectivity index (χ0n) is 19.1. The van der Waals surface area contributed by atoms with Crippen molar-refractivity contribution in [2.24, 2.45) is 0 Å². The minimum atomic E-state index is -0.713. The van der Waals surface area contributed by atoms with Crippen molar-refractivity contribution >= 4 is 17.8 Å². The van der Waals surface area contributed by atoms with E-state index in [4.69, 9.17) is 14.2 Å². The standard InChI is InChI=1S/C24H30N2O6/c1-24(2,3)26(15-17-9-7-6-8-10-17)21(27)16-32-22(28)14-25-23(29)18-11-19(30-4)13-20(12-18)31-5/h6-13H,14-16H2,1-5H3,(H,25,29). The quantitative estimate of drug-likeness (QED) is 0.600. The van der Waals surface area contributed by atoms with Gasteiger partial charge in [-0.25, -0.2) is 0 Å². The van der Waals surface area contributed by atoms with Crippen LogP contribution in [0.4, 0.5) is 0 Å². The maximum absolute atomic E-state index is 12.7. The van der Waals surface area contributed by atoms with Gasteiger partial charge in [-0.05, 0) is 38.5 Å². The molecule has 0 radical (unpaired) electrons. The highest BCUT2D eigenvalue weighted by molar-refractivity contribution is 5.96. The van der Waals surface area contributed by atoms with E-state index in [1.54, 1.807) is 11.0 Å². The Morgan fingerprint density at radius 1 is 0.938 bits per heavy atom. The number of benzene rings is 2. The fourth-order valence-corrected chi connectivity index (χ4v) is 2.93. The van der Waals surface area contributed by atoms with Crippen molar-refractivity contribution in [3.05, 3.63) is 59.7 Å². The summed E-state index contributed by atoms with van der Waals surface area (Å²) in [4.78, 5) is 38.8. The average molecular weight is 443 g/mol. The SMILES string of the molecule is COc1cc(OC)cc(C(=O)NCC(=O)OCC(=O)N(Cc2ccccc2)C(C)(C)C)c1. The van der Waals surface area contributed by atoms with Crippen LogP contribution in [-0.2, 0) is 20.9 Å². The second-order valence-electron chi connectivity index (χ2n) is 8.08. The van der Waals surface area contributed by atoms with Crippen molar-refractivity contribution in [3.8, 4) is 11.5 Å². The van der Waals surface area contributed by atoms with Gasteiger partial charge in [0.1, 0.15) is 18.0 Å². The Morgan fingerprint density at radius 2 is 1.53 bits per heavy atom. The predicted octanol–water partition coefficient (Wildman–Crippen LogP) is 2.80. The van der Waals surface area contributed by atoms with Crippen LogP contribution in [0, 0.1) is 0 Å². The molecular weight excluding hydrogens is 412 g/mol. The lowest BCUT2D eigenvalue weighted by Gasteiger charge is -2.35. The van der Waals surface area contributed by atoms with Gasteiger partial charge in [0.2, 0.25) is 0 Å². The number of carbonyl (C=O) groups excluding carboxylic acids is 3. The van der Waals surface area contributed by atoms with Gasteiger partial charge < -0.3 is 24.4 Å². The molecule has 0 fully saturated rings. The van der Waals surface area contributed by atoms with Crippen LogP contribution in [0.25, 0.3) is 0 Å². The van der Waals surface area contributed by atoms with Crippen LogP contribution in [0.3, 0.4) is 0 Å². The minimum Gasteiger partial charge on any atom is -0.497 e. The summed E-state index contributed by atoms with van der Waals surface area (Å²) < 4.78 is 15.4. The highest BCUT2D eigenvalue weighted by atomic mass is 16.5. The summed E-state index contributed by atoms with van der Waals surface area (Å²) in [6.07, 6.45) is 0. The number of hydrogen-bond donors (Lipinski definition) is 1. The fraction of sp³-hybridized carbons (Fsp3) is 0.375. The van der Waals surface area contributed by atoms with Crippen molar-refractivity contribution < 1.29 is 28.6 Å². The van der Waals surface area contributed by atoms with Gasteiger partial charge in [0, 0.05) is 23.7 Å². The van der Waals surface area contributed by atoms with Crippen LogP contribution in [0.5, 0.6) is 11.5 Å². The largest absolute Gasteiger partial charge is 0.497 e. The number of nitrogens with one attached hydrogen (secondary N) is 1. The lowest BCUT2D eigenvalue weighted by molar-refractivity contribution is -0.153. The van der Waals surface area contributed by atoms with Crippen molar-refractivity contribution in [2.75, 3.05) is 27.4 Å². The third-order valence-corrected chi connectivity index (χ3v) is 4.66. The molecule has 1 N–H and O–H groups in total. The molecule has 2 rings (SSSR count). The number of esters is 1. The number of methoxy groups -OCH3 is 2. The number of amides is 2. The van der Waals surface area contributed by atoms with E-state index in [9.17, 15) is 14.4 Å². The summed E-state index contributed by atoms with van der Waals surface area (Å²) in [6.45, 7) is 5.36. The molecule has 2 aromatic rings. The van der Waals surface area contributed by atoms with E-state index in [2.05, 4.69) is 5.32 Å². The van der Waals surface area contributed by atoms with Crippen molar-refractivity contribution in [3.63, 3.8) is 0 Å². The second-order valence-corrected chi connectivity index (χ2v) is 8.08. The van der Waals surface area contributed by atoms with Gasteiger partial charge >= 0.3 is 5.97 Å². The molecule has 0 saturated carbocycles. The van der Waals surface area contributed by atoms with Crippen molar-refractivity contribution in [1.82, 2.24) is 10.2 Å². The first-order valence-electron chi connectivity index (χ1n) is 10.2. The highest BCUT2D eigenvalue weighted by Gasteiger charge is 2.27. The second kappa shape index (κ2) is 11.2. The number of ether oxygens (including phenoxy) is 3. The number of nitrogens with zero attached hydrogens (tertiary/aromatic N) is 1. The monoisotopic (exact) mass is 442 g/mol. The molecule has 0 aliphatic rings. The highest BCUT2D eigenvalue weighted by Crippen LogP contribution is 2.22. The maximum atomic E-state index is 12.7. The first-order valence-corrected chi connectivity index (χ1v) is 10.2. The summed E-state index contributed by atoms with van der Waals surface area (Å²) in [6, 6.07) is 14.3. The minimum absolute atomic E-state index is 0.270. The first kappa shape index (κ1) is 24.7. The van der Waals surface area contributed by atoms with Crippen LogP contribution in [0.2, 0.25) is 0 Å². The molecule has 0 aromatic heterocycles. The molecule has 8 nitrogen and oxygen atoms in total. The number of rotatable bonds is 9. The molecular formula is C24H30N2O6. The van der Waals surface area contributed by atoms with Gasteiger partial charge in [0.25, 0.3) is 11.8 Å². The third kappa shape index (κ3) is 7.30. The molecule has 172 valence electrons. The summed E-state index contributed by atoms with van der Waals surface area (Å²) in [5, 5.41) is 2.47. The van der Waals surface area contributed by atoms with Gasteiger partial charge in [-0.3, -0.25) is 14.4 Å². The zero-order chi connectivity index (χ0) is 23.7. The topological polar surface area (TPSA) is 94.2 Å². The molecule has 32 heavy (non-hydrogen) atoms. The van der Waals surface area contributed by atoms with Crippen LogP contribution in [0.15, 0.2) is 48.5 Å². The Hall–Kier alpha value is -3.55. The Morgan fingerprint density at radius 3 is 2.06 bits per heavy atom. The normalized spacial score (nSPS) is 10.8. The maximum Gasteiger partial charge on any atom is 0.325 e. The molecule has 0 aliphatic heterocycles. The molecule has 0 heterocycles. The van der Waals surface area contributed by atoms with E-state index in [0.717, 1.165) is 5.56 Å². The number of carbonyl (C=O) groups is 3. The Balaban J connectivity index is 1.91. The van der Waals surface area contributed by atoms with Gasteiger partial charge in [-0.15, -0.1) is 0 Å². The molecule has 0 saturated heterocycles. The van der Waals surface area contributed by atoms with Crippen molar-refractivity contribution in [1.29, 1.82) is 0 Å². The van der Waals surface area contributed by atoms with Crippen LogP contribution >= 0.6 is 0 Å². The molecule has 0 atom stereocenters. The Kier molecular flexibility index (Phi) is 8.63. The molecule has 0 aliphatic carbocycles. The smallest absolute Gasteiger partial charge is 0.325 e. The average Bonchev–Trinajstić information content (AvgIpc) is 2.78. The molecule has 8 heteroatoms.